The van der Waals surface area contributed by atoms with Gasteiger partial charge in [0.05, 0.1) is 40.9 Å². The molecule has 1 saturated heterocycles. The van der Waals surface area contributed by atoms with Crippen LogP contribution in [0.2, 0.25) is 0 Å². The first-order chi connectivity index (χ1) is 15.1. The predicted octanol–water partition coefficient (Wildman–Crippen LogP) is 2.46. The summed E-state index contributed by atoms with van der Waals surface area (Å²) in [5.74, 6) is 0.764. The van der Waals surface area contributed by atoms with Crippen LogP contribution in [0.15, 0.2) is 64.5 Å². The second kappa shape index (κ2) is 8.78. The Bertz CT molecular complexity index is 1300. The fourth-order valence-corrected chi connectivity index (χ4v) is 4.95. The van der Waals surface area contributed by atoms with Gasteiger partial charge >= 0.3 is 0 Å². The third-order valence-corrected chi connectivity index (χ3v) is 7.74. The zero-order valence-corrected chi connectivity index (χ0v) is 19.5. The number of morpholine rings is 1. The van der Waals surface area contributed by atoms with Gasteiger partial charge in [0.1, 0.15) is 5.82 Å². The van der Waals surface area contributed by atoms with Crippen molar-refractivity contribution < 1.29 is 21.6 Å². The monoisotopic (exact) mass is 475 g/mol. The highest BCUT2D eigenvalue weighted by Gasteiger charge is 2.27. The number of rotatable bonds is 6. The van der Waals surface area contributed by atoms with Crippen LogP contribution in [0.3, 0.4) is 0 Å². The van der Waals surface area contributed by atoms with Crippen molar-refractivity contribution >= 4 is 19.7 Å². The summed E-state index contributed by atoms with van der Waals surface area (Å²) in [4.78, 5) is 10.7. The van der Waals surface area contributed by atoms with Crippen molar-refractivity contribution in [2.45, 2.75) is 22.4 Å². The summed E-state index contributed by atoms with van der Waals surface area (Å²) in [6, 6.07) is 13.5. The van der Waals surface area contributed by atoms with Crippen molar-refractivity contribution in [3.05, 3.63) is 66.1 Å². The quantitative estimate of drug-likeness (QED) is 0.583. The minimum absolute atomic E-state index is 0.0811. The minimum Gasteiger partial charge on any atom is -0.378 e. The summed E-state index contributed by atoms with van der Waals surface area (Å²) in [6.07, 6.45) is 4.12. The Morgan fingerprint density at radius 3 is 2.16 bits per heavy atom. The number of sulfone groups is 2. The Morgan fingerprint density at radius 1 is 0.969 bits per heavy atom. The maximum Gasteiger partial charge on any atom is 0.175 e. The molecule has 1 unspecified atom stereocenters. The Labute approximate surface area is 188 Å². The number of aromatic amines is 1. The van der Waals surface area contributed by atoms with Crippen LogP contribution in [-0.2, 0) is 31.0 Å². The minimum atomic E-state index is -3.24. The lowest BCUT2D eigenvalue weighted by Gasteiger charge is -2.34. The number of hydrogen-bond acceptors (Lipinski definition) is 7. The lowest BCUT2D eigenvalue weighted by atomic mass is 10.1. The maximum atomic E-state index is 11.7. The summed E-state index contributed by atoms with van der Waals surface area (Å²) in [5, 5.41) is 0. The second-order valence-corrected chi connectivity index (χ2v) is 12.0. The van der Waals surface area contributed by atoms with Gasteiger partial charge < -0.3 is 9.72 Å². The molecular weight excluding hydrogens is 450 g/mol. The summed E-state index contributed by atoms with van der Waals surface area (Å²) < 4.78 is 52.4. The highest BCUT2D eigenvalue weighted by molar-refractivity contribution is 7.91. The van der Waals surface area contributed by atoms with E-state index in [1.807, 2.05) is 12.1 Å². The number of ether oxygens (including phenoxy) is 1. The molecule has 170 valence electrons. The molecule has 8 nitrogen and oxygen atoms in total. The molecule has 0 radical (unpaired) electrons. The predicted molar refractivity (Wildman–Crippen MR) is 121 cm³/mol. The van der Waals surface area contributed by atoms with E-state index in [2.05, 4.69) is 14.9 Å². The number of H-pyrrole nitrogens is 1. The lowest BCUT2D eigenvalue weighted by molar-refractivity contribution is -0.0156. The van der Waals surface area contributed by atoms with Gasteiger partial charge in [0.25, 0.3) is 0 Å². The molecule has 1 N–H and O–H groups in total. The third-order valence-electron chi connectivity index (χ3n) is 5.48. The first-order valence-electron chi connectivity index (χ1n) is 10.1. The van der Waals surface area contributed by atoms with Gasteiger partial charge in [-0.25, -0.2) is 21.8 Å². The molecule has 1 fully saturated rings. The molecule has 4 rings (SSSR count). The molecule has 3 aromatic rings. The van der Waals surface area contributed by atoms with E-state index in [1.54, 1.807) is 42.6 Å². The van der Waals surface area contributed by atoms with Gasteiger partial charge in [0.15, 0.2) is 19.7 Å². The van der Waals surface area contributed by atoms with Gasteiger partial charge in [0.2, 0.25) is 0 Å². The van der Waals surface area contributed by atoms with E-state index < -0.39 is 19.7 Å². The average molecular weight is 476 g/mol. The Hall–Kier alpha value is -2.53. The van der Waals surface area contributed by atoms with Crippen LogP contribution in [0.1, 0.15) is 17.4 Å². The van der Waals surface area contributed by atoms with E-state index in [4.69, 9.17) is 4.74 Å². The molecule has 0 aliphatic carbocycles. The van der Waals surface area contributed by atoms with Crippen molar-refractivity contribution in [1.82, 2.24) is 14.9 Å². The maximum absolute atomic E-state index is 11.7. The van der Waals surface area contributed by atoms with Gasteiger partial charge in [-0.15, -0.1) is 0 Å². The number of aromatic nitrogens is 2. The number of benzene rings is 2. The SMILES string of the molecule is CS(=O)(=O)c1ccc(CN2CCOCC2c2ncc(-c3ccc(S(C)(=O)=O)cc3)[nH]2)cc1. The van der Waals surface area contributed by atoms with Gasteiger partial charge in [-0.2, -0.15) is 0 Å². The number of imidazole rings is 1. The lowest BCUT2D eigenvalue weighted by Crippen LogP contribution is -2.39. The zero-order valence-electron chi connectivity index (χ0n) is 17.9. The molecule has 0 bridgehead atoms. The molecular formula is C22H25N3O5S2. The van der Waals surface area contributed by atoms with Gasteiger partial charge in [0, 0.05) is 25.6 Å². The van der Waals surface area contributed by atoms with Crippen molar-refractivity contribution in [1.29, 1.82) is 0 Å². The van der Waals surface area contributed by atoms with Crippen molar-refractivity contribution in [2.75, 3.05) is 32.3 Å². The van der Waals surface area contributed by atoms with Crippen molar-refractivity contribution in [3.8, 4) is 11.3 Å². The number of nitrogens with one attached hydrogen (secondary N) is 1. The fraction of sp³-hybridized carbons (Fsp3) is 0.318. The van der Waals surface area contributed by atoms with Crippen LogP contribution in [-0.4, -0.2) is 64.0 Å². The largest absolute Gasteiger partial charge is 0.378 e. The van der Waals surface area contributed by atoms with Gasteiger partial charge in [-0.3, -0.25) is 4.90 Å². The normalized spacial score (nSPS) is 18.0. The molecule has 2 heterocycles. The van der Waals surface area contributed by atoms with E-state index in [0.29, 0.717) is 24.7 Å². The Kier molecular flexibility index (Phi) is 6.22. The fourth-order valence-electron chi connectivity index (χ4n) is 3.69. The molecule has 1 aromatic heterocycles. The van der Waals surface area contributed by atoms with Crippen LogP contribution < -0.4 is 0 Å². The summed E-state index contributed by atoms with van der Waals surface area (Å²) in [5.41, 5.74) is 2.64. The van der Waals surface area contributed by atoms with Crippen molar-refractivity contribution in [3.63, 3.8) is 0 Å². The first-order valence-corrected chi connectivity index (χ1v) is 13.9. The molecule has 1 aliphatic rings. The van der Waals surface area contributed by atoms with Crippen LogP contribution in [0.4, 0.5) is 0 Å². The van der Waals surface area contributed by atoms with E-state index in [1.165, 1.54) is 12.5 Å². The molecule has 2 aromatic carbocycles. The molecule has 1 aliphatic heterocycles. The zero-order chi connectivity index (χ0) is 22.9. The van der Waals surface area contributed by atoms with E-state index in [9.17, 15) is 16.8 Å². The van der Waals surface area contributed by atoms with Gasteiger partial charge in [-0.1, -0.05) is 24.3 Å². The summed E-state index contributed by atoms with van der Waals surface area (Å²) in [6.45, 7) is 2.45. The number of nitrogens with zero attached hydrogens (tertiary/aromatic N) is 2. The summed E-state index contributed by atoms with van der Waals surface area (Å²) >= 11 is 0. The molecule has 10 heteroatoms. The summed E-state index contributed by atoms with van der Waals surface area (Å²) in [7, 11) is -6.47. The molecule has 1 atom stereocenters. The number of hydrogen-bond donors (Lipinski definition) is 1. The highest BCUT2D eigenvalue weighted by Crippen LogP contribution is 2.27. The molecule has 0 saturated carbocycles. The van der Waals surface area contributed by atoms with Crippen molar-refractivity contribution in [2.24, 2.45) is 0 Å². The molecule has 0 amide bonds. The van der Waals surface area contributed by atoms with Gasteiger partial charge in [-0.05, 0) is 35.4 Å². The van der Waals surface area contributed by atoms with Crippen LogP contribution in [0.25, 0.3) is 11.3 Å². The molecule has 32 heavy (non-hydrogen) atoms. The smallest absolute Gasteiger partial charge is 0.175 e. The average Bonchev–Trinajstić information content (AvgIpc) is 3.23. The highest BCUT2D eigenvalue weighted by atomic mass is 32.2. The Balaban J connectivity index is 1.53. The first kappa shape index (κ1) is 22.7. The third kappa shape index (κ3) is 5.09. The van der Waals surface area contributed by atoms with Crippen LogP contribution in [0, 0.1) is 0 Å². The van der Waals surface area contributed by atoms with E-state index in [-0.39, 0.29) is 10.9 Å². The van der Waals surface area contributed by atoms with E-state index >= 15 is 0 Å². The van der Waals surface area contributed by atoms with E-state index in [0.717, 1.165) is 29.2 Å². The van der Waals surface area contributed by atoms with Crippen LogP contribution >= 0.6 is 0 Å². The molecule has 0 spiro atoms. The second-order valence-electron chi connectivity index (χ2n) is 7.96. The Morgan fingerprint density at radius 2 is 1.56 bits per heavy atom. The topological polar surface area (TPSA) is 109 Å². The van der Waals surface area contributed by atoms with Crippen LogP contribution in [0.5, 0.6) is 0 Å². The standard InChI is InChI=1S/C22H25N3O5S2/c1-31(26,27)18-7-3-16(4-8-18)14-25-11-12-30-15-21(25)22-23-13-20(24-22)17-5-9-19(10-6-17)32(2,28)29/h3-10,13,21H,11-12,14-15H2,1-2H3,(H,23,24).